The first-order chi connectivity index (χ1) is 12.4. The molecule has 3 N–H and O–H groups in total. The normalized spacial score (nSPS) is 10.7. The number of carbonyl (C=O) groups excluding carboxylic acids is 1. The van der Waals surface area contributed by atoms with E-state index in [1.807, 2.05) is 0 Å². The minimum absolute atomic E-state index is 0.0797. The van der Waals surface area contributed by atoms with Crippen molar-refractivity contribution in [3.63, 3.8) is 0 Å². The van der Waals surface area contributed by atoms with Gasteiger partial charge in [0.05, 0.1) is 22.0 Å². The van der Waals surface area contributed by atoms with Crippen molar-refractivity contribution in [2.75, 3.05) is 11.1 Å². The lowest BCUT2D eigenvalue weighted by Crippen LogP contribution is -2.14. The predicted molar refractivity (Wildman–Crippen MR) is 107 cm³/mol. The second-order valence-corrected chi connectivity index (χ2v) is 7.79. The molecule has 6 nitrogen and oxygen atoms in total. The lowest BCUT2D eigenvalue weighted by atomic mass is 10.2. The molecule has 0 fully saturated rings. The molecule has 0 aliphatic carbocycles. The fourth-order valence-corrected chi connectivity index (χ4v) is 3.45. The van der Waals surface area contributed by atoms with Crippen molar-refractivity contribution in [3.8, 4) is 17.1 Å². The summed E-state index contributed by atoms with van der Waals surface area (Å²) in [4.78, 5) is 16.3. The number of phenols is 1. The number of amides is 1. The van der Waals surface area contributed by atoms with Gasteiger partial charge in [0.25, 0.3) is 0 Å². The number of nitrogens with one attached hydrogen (secondary N) is 2. The maximum atomic E-state index is 12.1. The maximum Gasteiger partial charge on any atom is 0.234 e. The Labute approximate surface area is 171 Å². The van der Waals surface area contributed by atoms with Gasteiger partial charge in [0.1, 0.15) is 5.75 Å². The summed E-state index contributed by atoms with van der Waals surface area (Å²) >= 11 is 16.3. The molecule has 0 radical (unpaired) electrons. The number of thioether (sulfide) groups is 1. The van der Waals surface area contributed by atoms with Crippen molar-refractivity contribution in [1.82, 2.24) is 15.2 Å². The Morgan fingerprint density at radius 3 is 2.85 bits per heavy atom. The summed E-state index contributed by atoms with van der Waals surface area (Å²) in [6, 6.07) is 9.82. The molecule has 26 heavy (non-hydrogen) atoms. The zero-order chi connectivity index (χ0) is 18.7. The first kappa shape index (κ1) is 19.0. The highest BCUT2D eigenvalue weighted by Crippen LogP contribution is 2.30. The minimum atomic E-state index is -0.254. The van der Waals surface area contributed by atoms with E-state index < -0.39 is 0 Å². The van der Waals surface area contributed by atoms with Crippen LogP contribution in [0.3, 0.4) is 0 Å². The summed E-state index contributed by atoms with van der Waals surface area (Å²) in [5, 5.41) is 20.7. The van der Waals surface area contributed by atoms with Crippen LogP contribution in [0.25, 0.3) is 11.4 Å². The van der Waals surface area contributed by atoms with Gasteiger partial charge in [-0.3, -0.25) is 9.89 Å². The van der Waals surface area contributed by atoms with Gasteiger partial charge in [0, 0.05) is 9.50 Å². The van der Waals surface area contributed by atoms with Crippen LogP contribution in [0.15, 0.2) is 46.0 Å². The van der Waals surface area contributed by atoms with Crippen molar-refractivity contribution < 1.29 is 9.90 Å². The summed E-state index contributed by atoms with van der Waals surface area (Å²) in [5.74, 6) is 0.333. The second kappa shape index (κ2) is 8.30. The molecule has 3 aromatic rings. The number of aromatic amines is 1. The number of nitrogens with zero attached hydrogens (tertiary/aromatic N) is 2. The fraction of sp³-hybridized carbons (Fsp3) is 0.0625. The Bertz CT molecular complexity index is 967. The van der Waals surface area contributed by atoms with Crippen molar-refractivity contribution in [2.24, 2.45) is 0 Å². The molecule has 0 bridgehead atoms. The molecule has 134 valence electrons. The number of phenolic OH excluding ortho intramolecular Hbond substituents is 1. The molecule has 0 aliphatic heterocycles. The van der Waals surface area contributed by atoms with Crippen LogP contribution in [0, 0.1) is 0 Å². The molecule has 0 saturated heterocycles. The van der Waals surface area contributed by atoms with Crippen LogP contribution in [-0.4, -0.2) is 31.9 Å². The van der Waals surface area contributed by atoms with Crippen LogP contribution in [0.2, 0.25) is 10.0 Å². The highest BCUT2D eigenvalue weighted by Gasteiger charge is 2.13. The topological polar surface area (TPSA) is 90.9 Å². The zero-order valence-corrected chi connectivity index (χ0v) is 16.9. The first-order valence-corrected chi connectivity index (χ1v) is 9.75. The van der Waals surface area contributed by atoms with Crippen LogP contribution in [0.4, 0.5) is 5.69 Å². The number of hydrogen-bond donors (Lipinski definition) is 3. The van der Waals surface area contributed by atoms with E-state index >= 15 is 0 Å². The summed E-state index contributed by atoms with van der Waals surface area (Å²) in [5.41, 5.74) is 0.993. The Balaban J connectivity index is 1.62. The summed E-state index contributed by atoms with van der Waals surface area (Å²) in [6.07, 6.45) is 0. The fourth-order valence-electron chi connectivity index (χ4n) is 2.04. The average molecular weight is 474 g/mol. The number of aromatic hydroxyl groups is 1. The third-order valence-electron chi connectivity index (χ3n) is 3.22. The van der Waals surface area contributed by atoms with Crippen LogP contribution in [-0.2, 0) is 4.79 Å². The smallest absolute Gasteiger partial charge is 0.234 e. The van der Waals surface area contributed by atoms with Crippen molar-refractivity contribution in [2.45, 2.75) is 5.16 Å². The predicted octanol–water partition coefficient (Wildman–Crippen LogP) is 4.98. The molecule has 0 unspecified atom stereocenters. The standard InChI is InChI=1S/C16H11BrCl2N4O2S/c17-8-1-4-13(24)10(5-8)15-21-16(23-22-15)26-7-14(25)20-12-3-2-9(18)6-11(12)19/h1-6,24H,7H2,(H,20,25)(H,21,22,23). The Morgan fingerprint density at radius 1 is 1.27 bits per heavy atom. The van der Waals surface area contributed by atoms with E-state index in [0.717, 1.165) is 16.2 Å². The first-order valence-electron chi connectivity index (χ1n) is 7.21. The quantitative estimate of drug-likeness (QED) is 0.454. The Morgan fingerprint density at radius 2 is 2.08 bits per heavy atom. The monoisotopic (exact) mass is 472 g/mol. The van der Waals surface area contributed by atoms with Gasteiger partial charge in [-0.1, -0.05) is 50.9 Å². The molecule has 10 heteroatoms. The van der Waals surface area contributed by atoms with Crippen LogP contribution in [0.5, 0.6) is 5.75 Å². The van der Waals surface area contributed by atoms with Gasteiger partial charge in [-0.05, 0) is 36.4 Å². The molecule has 3 rings (SSSR count). The number of H-pyrrole nitrogens is 1. The third-order valence-corrected chi connectivity index (χ3v) is 5.10. The maximum absolute atomic E-state index is 12.1. The molecular formula is C16H11BrCl2N4O2S. The third kappa shape index (κ3) is 4.70. The van der Waals surface area contributed by atoms with E-state index in [1.54, 1.807) is 36.4 Å². The van der Waals surface area contributed by atoms with Gasteiger partial charge in [0.2, 0.25) is 11.1 Å². The van der Waals surface area contributed by atoms with Gasteiger partial charge in [0.15, 0.2) is 5.82 Å². The molecule has 0 atom stereocenters. The highest BCUT2D eigenvalue weighted by atomic mass is 79.9. The van der Waals surface area contributed by atoms with Crippen molar-refractivity contribution in [1.29, 1.82) is 0 Å². The number of aromatic nitrogens is 3. The van der Waals surface area contributed by atoms with Gasteiger partial charge in [-0.2, -0.15) is 0 Å². The molecule has 1 heterocycles. The van der Waals surface area contributed by atoms with E-state index in [0.29, 0.717) is 32.3 Å². The average Bonchev–Trinajstić information content (AvgIpc) is 3.06. The van der Waals surface area contributed by atoms with Gasteiger partial charge in [-0.25, -0.2) is 4.98 Å². The van der Waals surface area contributed by atoms with Crippen LogP contribution < -0.4 is 5.32 Å². The minimum Gasteiger partial charge on any atom is -0.507 e. The van der Waals surface area contributed by atoms with E-state index in [9.17, 15) is 9.90 Å². The SMILES string of the molecule is O=C(CSc1n[nH]c(-c2cc(Br)ccc2O)n1)Nc1ccc(Cl)cc1Cl. The van der Waals surface area contributed by atoms with Crippen LogP contribution >= 0.6 is 50.9 Å². The summed E-state index contributed by atoms with van der Waals surface area (Å²) in [6.45, 7) is 0. The van der Waals surface area contributed by atoms with E-state index in [2.05, 4.69) is 36.4 Å². The summed E-state index contributed by atoms with van der Waals surface area (Å²) < 4.78 is 0.801. The van der Waals surface area contributed by atoms with Gasteiger partial charge in [-0.15, -0.1) is 5.10 Å². The van der Waals surface area contributed by atoms with E-state index in [-0.39, 0.29) is 17.4 Å². The zero-order valence-electron chi connectivity index (χ0n) is 13.0. The van der Waals surface area contributed by atoms with Crippen molar-refractivity contribution >= 4 is 62.5 Å². The molecule has 0 saturated carbocycles. The Kier molecular flexibility index (Phi) is 6.08. The molecule has 1 aromatic heterocycles. The molecule has 0 aliphatic rings. The highest BCUT2D eigenvalue weighted by molar-refractivity contribution is 9.10. The number of halogens is 3. The molecule has 1 amide bonds. The number of anilines is 1. The number of rotatable bonds is 5. The van der Waals surface area contributed by atoms with Gasteiger partial charge < -0.3 is 10.4 Å². The number of benzene rings is 2. The second-order valence-electron chi connectivity index (χ2n) is 5.09. The molecular weight excluding hydrogens is 463 g/mol. The molecule has 2 aromatic carbocycles. The Hall–Kier alpha value is -1.74. The molecule has 0 spiro atoms. The van der Waals surface area contributed by atoms with Gasteiger partial charge >= 0.3 is 0 Å². The van der Waals surface area contributed by atoms with E-state index in [4.69, 9.17) is 23.2 Å². The van der Waals surface area contributed by atoms with Crippen LogP contribution in [0.1, 0.15) is 0 Å². The number of hydrogen-bond acceptors (Lipinski definition) is 5. The number of carbonyl (C=O) groups is 1. The van der Waals surface area contributed by atoms with E-state index in [1.165, 1.54) is 0 Å². The lowest BCUT2D eigenvalue weighted by molar-refractivity contribution is -0.113. The van der Waals surface area contributed by atoms with Crippen molar-refractivity contribution in [3.05, 3.63) is 50.9 Å². The largest absolute Gasteiger partial charge is 0.507 e. The summed E-state index contributed by atoms with van der Waals surface area (Å²) in [7, 11) is 0. The lowest BCUT2D eigenvalue weighted by Gasteiger charge is -2.06.